The first-order valence-corrected chi connectivity index (χ1v) is 14.3. The summed E-state index contributed by atoms with van der Waals surface area (Å²) in [4.78, 5) is 14.7. The standard InChI is InChI=1S/C41H25N3O/c1-2-9-26(10-3-1)29-18-19-31-25-33(22-20-30(31)23-29)40-42-39(32-21-17-27-11-4-5-12-28(27)24-32)43-41(44-40)35-14-8-16-37-38(35)34-13-6-7-15-36(34)45-37/h1-25H/i1D,2D,3D,6D,9D,10D,14D,15D,16D. The van der Waals surface area contributed by atoms with Crippen LogP contribution in [0.3, 0.4) is 0 Å². The molecule has 0 aliphatic heterocycles. The van der Waals surface area contributed by atoms with Crippen molar-refractivity contribution in [3.63, 3.8) is 0 Å². The van der Waals surface area contributed by atoms with E-state index in [1.807, 2.05) is 66.7 Å². The van der Waals surface area contributed by atoms with E-state index in [4.69, 9.17) is 31.7 Å². The van der Waals surface area contributed by atoms with E-state index in [0.29, 0.717) is 39.1 Å². The van der Waals surface area contributed by atoms with Gasteiger partial charge in [0.05, 0.1) is 12.3 Å². The van der Waals surface area contributed by atoms with Gasteiger partial charge in [0.1, 0.15) is 11.2 Å². The molecule has 2 aromatic heterocycles. The Labute approximate surface area is 271 Å². The molecule has 0 spiro atoms. The topological polar surface area (TPSA) is 51.8 Å². The lowest BCUT2D eigenvalue weighted by Gasteiger charge is -2.11. The van der Waals surface area contributed by atoms with Crippen molar-refractivity contribution in [1.82, 2.24) is 15.0 Å². The van der Waals surface area contributed by atoms with E-state index in [1.54, 1.807) is 18.2 Å². The van der Waals surface area contributed by atoms with Crippen LogP contribution in [0.15, 0.2) is 156 Å². The highest BCUT2D eigenvalue weighted by Crippen LogP contribution is 2.37. The van der Waals surface area contributed by atoms with Crippen molar-refractivity contribution in [3.05, 3.63) is 151 Å². The van der Waals surface area contributed by atoms with Gasteiger partial charge in [-0.3, -0.25) is 0 Å². The van der Waals surface area contributed by atoms with Crippen LogP contribution in [0.1, 0.15) is 12.3 Å². The number of aromatic nitrogens is 3. The summed E-state index contributed by atoms with van der Waals surface area (Å²) in [5, 5.41) is 4.34. The molecule has 4 heteroatoms. The van der Waals surface area contributed by atoms with Crippen LogP contribution < -0.4 is 0 Å². The van der Waals surface area contributed by atoms with Crippen molar-refractivity contribution in [3.8, 4) is 45.3 Å². The summed E-state index contributed by atoms with van der Waals surface area (Å²) in [6, 6.07) is 27.2. The number of hydrogen-bond donors (Lipinski definition) is 0. The zero-order valence-corrected chi connectivity index (χ0v) is 23.5. The van der Waals surface area contributed by atoms with E-state index in [9.17, 15) is 0 Å². The second-order valence-corrected chi connectivity index (χ2v) is 10.6. The van der Waals surface area contributed by atoms with Crippen molar-refractivity contribution in [2.45, 2.75) is 0 Å². The van der Waals surface area contributed by atoms with E-state index in [2.05, 4.69) is 0 Å². The number of para-hydroxylation sites is 1. The highest BCUT2D eigenvalue weighted by Gasteiger charge is 2.18. The molecule has 210 valence electrons. The van der Waals surface area contributed by atoms with Gasteiger partial charge in [0.2, 0.25) is 0 Å². The average Bonchev–Trinajstić information content (AvgIpc) is 3.56. The number of nitrogens with zero attached hydrogens (tertiary/aromatic N) is 3. The summed E-state index contributed by atoms with van der Waals surface area (Å²) >= 11 is 0. The third-order valence-corrected chi connectivity index (χ3v) is 7.88. The molecule has 0 bridgehead atoms. The Balaban J connectivity index is 1.26. The Hall–Kier alpha value is -6.13. The first-order valence-electron chi connectivity index (χ1n) is 18.8. The Morgan fingerprint density at radius 1 is 0.444 bits per heavy atom. The molecule has 0 radical (unpaired) electrons. The van der Waals surface area contributed by atoms with Gasteiger partial charge < -0.3 is 4.42 Å². The monoisotopic (exact) mass is 584 g/mol. The zero-order chi connectivity index (χ0) is 37.6. The minimum atomic E-state index is -0.448. The second-order valence-electron chi connectivity index (χ2n) is 10.6. The highest BCUT2D eigenvalue weighted by molar-refractivity contribution is 6.11. The number of fused-ring (bicyclic) bond motifs is 5. The van der Waals surface area contributed by atoms with E-state index >= 15 is 0 Å². The molecule has 0 saturated carbocycles. The Bertz CT molecular complexity index is 3040. The van der Waals surface area contributed by atoms with E-state index in [-0.39, 0.29) is 64.4 Å². The molecule has 2 heterocycles. The van der Waals surface area contributed by atoms with Crippen molar-refractivity contribution in [1.29, 1.82) is 0 Å². The Morgan fingerprint density at radius 2 is 1.07 bits per heavy atom. The van der Waals surface area contributed by atoms with Gasteiger partial charge in [0.25, 0.3) is 0 Å². The average molecular weight is 585 g/mol. The van der Waals surface area contributed by atoms with E-state index < -0.39 is 18.1 Å². The van der Waals surface area contributed by atoms with Crippen LogP contribution in [0, 0.1) is 0 Å². The largest absolute Gasteiger partial charge is 0.456 e. The Kier molecular flexibility index (Phi) is 4.07. The molecule has 9 rings (SSSR count). The van der Waals surface area contributed by atoms with Crippen LogP contribution >= 0.6 is 0 Å². The van der Waals surface area contributed by atoms with Crippen LogP contribution in [0.4, 0.5) is 0 Å². The maximum atomic E-state index is 9.06. The number of hydrogen-bond acceptors (Lipinski definition) is 4. The molecule has 0 saturated heterocycles. The van der Waals surface area contributed by atoms with E-state index in [1.165, 1.54) is 12.1 Å². The zero-order valence-electron chi connectivity index (χ0n) is 32.5. The minimum Gasteiger partial charge on any atom is -0.456 e. The van der Waals surface area contributed by atoms with Gasteiger partial charge in [-0.05, 0) is 63.0 Å². The van der Waals surface area contributed by atoms with Gasteiger partial charge in [-0.25, -0.2) is 15.0 Å². The summed E-state index contributed by atoms with van der Waals surface area (Å²) < 4.78 is 81.6. The van der Waals surface area contributed by atoms with Crippen LogP contribution in [0.5, 0.6) is 0 Å². The molecule has 9 aromatic rings. The summed E-state index contributed by atoms with van der Waals surface area (Å²) in [5.74, 6) is 0.798. The maximum absolute atomic E-state index is 9.06. The van der Waals surface area contributed by atoms with Crippen molar-refractivity contribution >= 4 is 43.5 Å². The van der Waals surface area contributed by atoms with Gasteiger partial charge in [-0.2, -0.15) is 0 Å². The third kappa shape index (κ3) is 4.43. The van der Waals surface area contributed by atoms with Crippen LogP contribution in [-0.2, 0) is 0 Å². The molecular formula is C41H25N3O. The molecule has 7 aromatic carbocycles. The minimum absolute atomic E-state index is 0.00957. The summed E-state index contributed by atoms with van der Waals surface area (Å²) in [6.45, 7) is 0. The summed E-state index contributed by atoms with van der Waals surface area (Å²) in [6.07, 6.45) is 0. The molecule has 0 unspecified atom stereocenters. The SMILES string of the molecule is [2H]c1cc([2H])c2oc3c([2H])cc([2H])c(-c4nc(-c5ccc6ccccc6c5)nc(-c5ccc6cc(-c7c([2H])c([2H])c([2H])c([2H])c7[2H])ccc6c5)n4)c3c2c1. The third-order valence-electron chi connectivity index (χ3n) is 7.88. The van der Waals surface area contributed by atoms with Crippen molar-refractivity contribution in [2.24, 2.45) is 0 Å². The first-order chi connectivity index (χ1) is 26.0. The fourth-order valence-electron chi connectivity index (χ4n) is 5.70. The normalized spacial score (nSPS) is 14.4. The molecule has 0 aliphatic carbocycles. The Morgan fingerprint density at radius 3 is 1.84 bits per heavy atom. The molecular weight excluding hydrogens is 550 g/mol. The fraction of sp³-hybridized carbons (Fsp3) is 0. The van der Waals surface area contributed by atoms with Crippen LogP contribution in [-0.4, -0.2) is 15.0 Å². The molecule has 0 fully saturated rings. The lowest BCUT2D eigenvalue weighted by atomic mass is 10.00. The molecule has 0 amide bonds. The van der Waals surface area contributed by atoms with Gasteiger partial charge in [-0.1, -0.05) is 121 Å². The highest BCUT2D eigenvalue weighted by atomic mass is 16.3. The van der Waals surface area contributed by atoms with Crippen molar-refractivity contribution in [2.75, 3.05) is 0 Å². The first kappa shape index (κ1) is 17.9. The second kappa shape index (κ2) is 10.2. The quantitative estimate of drug-likeness (QED) is 0.206. The molecule has 45 heavy (non-hydrogen) atoms. The predicted molar refractivity (Wildman–Crippen MR) is 184 cm³/mol. The number of furan rings is 1. The molecule has 4 nitrogen and oxygen atoms in total. The van der Waals surface area contributed by atoms with E-state index in [0.717, 1.165) is 21.5 Å². The maximum Gasteiger partial charge on any atom is 0.164 e. The van der Waals surface area contributed by atoms with Crippen LogP contribution in [0.2, 0.25) is 0 Å². The number of benzene rings is 7. The fourth-order valence-corrected chi connectivity index (χ4v) is 5.70. The summed E-state index contributed by atoms with van der Waals surface area (Å²) in [5.41, 5.74) is 2.57. The predicted octanol–water partition coefficient (Wildman–Crippen LogP) is 10.7. The molecule has 0 N–H and O–H groups in total. The van der Waals surface area contributed by atoms with Gasteiger partial charge in [-0.15, -0.1) is 0 Å². The lowest BCUT2D eigenvalue weighted by molar-refractivity contribution is 0.669. The van der Waals surface area contributed by atoms with Crippen molar-refractivity contribution < 1.29 is 16.8 Å². The van der Waals surface area contributed by atoms with Gasteiger partial charge in [0, 0.05) is 27.5 Å². The number of rotatable bonds is 4. The lowest BCUT2D eigenvalue weighted by Crippen LogP contribution is -2.00. The molecule has 0 atom stereocenters. The van der Waals surface area contributed by atoms with Crippen LogP contribution in [0.25, 0.3) is 88.8 Å². The smallest absolute Gasteiger partial charge is 0.164 e. The van der Waals surface area contributed by atoms with Gasteiger partial charge in [0.15, 0.2) is 17.5 Å². The molecule has 0 aliphatic rings. The van der Waals surface area contributed by atoms with Gasteiger partial charge >= 0.3 is 0 Å². The summed E-state index contributed by atoms with van der Waals surface area (Å²) in [7, 11) is 0.